The van der Waals surface area contributed by atoms with E-state index < -0.39 is 0 Å². The van der Waals surface area contributed by atoms with Crippen molar-refractivity contribution in [3.05, 3.63) is 0 Å². The van der Waals surface area contributed by atoms with E-state index in [-0.39, 0.29) is 11.8 Å². The van der Waals surface area contributed by atoms with Gasteiger partial charge in [0.15, 0.2) is 0 Å². The molecule has 1 N–H and O–H groups in total. The van der Waals surface area contributed by atoms with Crippen LogP contribution >= 0.6 is 0 Å². The summed E-state index contributed by atoms with van der Waals surface area (Å²) in [6.45, 7) is 9.29. The van der Waals surface area contributed by atoms with Gasteiger partial charge in [0.25, 0.3) is 0 Å². The third-order valence-electron chi connectivity index (χ3n) is 2.98. The molecule has 3 nitrogen and oxygen atoms in total. The van der Waals surface area contributed by atoms with E-state index in [1.165, 1.54) is 0 Å². The number of carbonyl (C=O) groups excluding carboxylic acids is 1. The van der Waals surface area contributed by atoms with Gasteiger partial charge in [-0.1, -0.05) is 0 Å². The van der Waals surface area contributed by atoms with Gasteiger partial charge in [-0.05, 0) is 46.7 Å². The Balaban J connectivity index is 2.31. The van der Waals surface area contributed by atoms with Gasteiger partial charge in [0, 0.05) is 18.5 Å². The van der Waals surface area contributed by atoms with E-state index in [9.17, 15) is 4.79 Å². The van der Waals surface area contributed by atoms with Gasteiger partial charge in [0.05, 0.1) is 0 Å². The molecule has 0 aromatic heterocycles. The second kappa shape index (κ2) is 5.35. The Morgan fingerprint density at radius 3 is 2.43 bits per heavy atom. The van der Waals surface area contributed by atoms with E-state index in [4.69, 9.17) is 0 Å². The number of nitrogens with one attached hydrogen (secondary N) is 1. The molecule has 1 saturated heterocycles. The van der Waals surface area contributed by atoms with Crippen molar-refractivity contribution >= 4 is 5.91 Å². The maximum absolute atomic E-state index is 11.5. The van der Waals surface area contributed by atoms with Crippen LogP contribution in [0.1, 0.15) is 33.6 Å². The van der Waals surface area contributed by atoms with E-state index in [1.807, 2.05) is 6.92 Å². The summed E-state index contributed by atoms with van der Waals surface area (Å²) in [7, 11) is 0. The van der Waals surface area contributed by atoms with Crippen molar-refractivity contribution in [1.82, 2.24) is 10.2 Å². The molecular formula is C11H22N2O. The molecular weight excluding hydrogens is 176 g/mol. The normalized spacial score (nSPS) is 20.0. The van der Waals surface area contributed by atoms with E-state index in [2.05, 4.69) is 24.1 Å². The third kappa shape index (κ3) is 2.98. The van der Waals surface area contributed by atoms with Crippen molar-refractivity contribution in [3.63, 3.8) is 0 Å². The minimum atomic E-state index is 0.246. The van der Waals surface area contributed by atoms with Crippen LogP contribution in [-0.4, -0.2) is 36.5 Å². The average molecular weight is 198 g/mol. The Morgan fingerprint density at radius 1 is 1.43 bits per heavy atom. The molecule has 1 rings (SSSR count). The Bertz CT molecular complexity index is 184. The molecule has 0 radical (unpaired) electrons. The minimum Gasteiger partial charge on any atom is -0.356 e. The highest BCUT2D eigenvalue weighted by atomic mass is 16.1. The SMILES string of the molecule is CCNC(=O)C1CCN(C(C)C)CC1. The molecule has 1 aliphatic rings. The Kier molecular flexibility index (Phi) is 4.39. The highest BCUT2D eigenvalue weighted by Gasteiger charge is 2.25. The lowest BCUT2D eigenvalue weighted by Crippen LogP contribution is -2.43. The van der Waals surface area contributed by atoms with Crippen LogP contribution in [0, 0.1) is 5.92 Å². The number of likely N-dealkylation sites (tertiary alicyclic amines) is 1. The molecule has 0 saturated carbocycles. The molecule has 1 amide bonds. The van der Waals surface area contributed by atoms with Gasteiger partial charge >= 0.3 is 0 Å². The van der Waals surface area contributed by atoms with Crippen molar-refractivity contribution < 1.29 is 4.79 Å². The summed E-state index contributed by atoms with van der Waals surface area (Å²) < 4.78 is 0. The molecule has 1 heterocycles. The van der Waals surface area contributed by atoms with E-state index >= 15 is 0 Å². The number of nitrogens with zero attached hydrogens (tertiary/aromatic N) is 1. The molecule has 0 bridgehead atoms. The van der Waals surface area contributed by atoms with Gasteiger partial charge in [-0.25, -0.2) is 0 Å². The summed E-state index contributed by atoms with van der Waals surface area (Å²) in [6, 6.07) is 0.616. The lowest BCUT2D eigenvalue weighted by atomic mass is 9.95. The maximum Gasteiger partial charge on any atom is 0.223 e. The highest BCUT2D eigenvalue weighted by Crippen LogP contribution is 2.18. The largest absolute Gasteiger partial charge is 0.356 e. The second-order valence-corrected chi connectivity index (χ2v) is 4.30. The molecule has 0 spiro atoms. The van der Waals surface area contributed by atoms with Crippen molar-refractivity contribution in [2.45, 2.75) is 39.7 Å². The summed E-state index contributed by atoms with van der Waals surface area (Å²) in [4.78, 5) is 14.0. The number of carbonyl (C=O) groups is 1. The number of hydrogen-bond donors (Lipinski definition) is 1. The van der Waals surface area contributed by atoms with Crippen LogP contribution in [0.15, 0.2) is 0 Å². The van der Waals surface area contributed by atoms with Crippen LogP contribution in [0.4, 0.5) is 0 Å². The summed E-state index contributed by atoms with van der Waals surface area (Å²) in [5.74, 6) is 0.501. The lowest BCUT2D eigenvalue weighted by molar-refractivity contribution is -0.126. The van der Waals surface area contributed by atoms with Gasteiger partial charge in [-0.15, -0.1) is 0 Å². The van der Waals surface area contributed by atoms with Crippen LogP contribution in [0.3, 0.4) is 0 Å². The minimum absolute atomic E-state index is 0.246. The molecule has 1 fully saturated rings. The van der Waals surface area contributed by atoms with Crippen molar-refractivity contribution in [2.24, 2.45) is 5.92 Å². The van der Waals surface area contributed by atoms with Gasteiger partial charge < -0.3 is 10.2 Å². The molecule has 82 valence electrons. The molecule has 0 aliphatic carbocycles. The molecule has 0 aromatic rings. The Morgan fingerprint density at radius 2 is 2.00 bits per heavy atom. The molecule has 0 atom stereocenters. The fourth-order valence-corrected chi connectivity index (χ4v) is 2.00. The quantitative estimate of drug-likeness (QED) is 0.740. The Labute approximate surface area is 86.9 Å². The molecule has 0 unspecified atom stereocenters. The highest BCUT2D eigenvalue weighted by molar-refractivity contribution is 5.78. The van der Waals surface area contributed by atoms with Crippen LogP contribution in [0.25, 0.3) is 0 Å². The zero-order chi connectivity index (χ0) is 10.6. The monoisotopic (exact) mass is 198 g/mol. The lowest BCUT2D eigenvalue weighted by Gasteiger charge is -2.33. The van der Waals surface area contributed by atoms with Crippen molar-refractivity contribution in [2.75, 3.05) is 19.6 Å². The van der Waals surface area contributed by atoms with E-state index in [0.717, 1.165) is 32.5 Å². The Hall–Kier alpha value is -0.570. The van der Waals surface area contributed by atoms with Crippen molar-refractivity contribution in [1.29, 1.82) is 0 Å². The fourth-order valence-electron chi connectivity index (χ4n) is 2.00. The van der Waals surface area contributed by atoms with Gasteiger partial charge in [-0.3, -0.25) is 4.79 Å². The van der Waals surface area contributed by atoms with Crippen LogP contribution in [-0.2, 0) is 4.79 Å². The first-order valence-corrected chi connectivity index (χ1v) is 5.67. The topological polar surface area (TPSA) is 32.3 Å². The fraction of sp³-hybridized carbons (Fsp3) is 0.909. The zero-order valence-corrected chi connectivity index (χ0v) is 9.55. The number of amides is 1. The van der Waals surface area contributed by atoms with Gasteiger partial charge in [0.2, 0.25) is 5.91 Å². The predicted molar refractivity (Wildman–Crippen MR) is 58.1 cm³/mol. The molecule has 3 heteroatoms. The maximum atomic E-state index is 11.5. The van der Waals surface area contributed by atoms with Gasteiger partial charge in [0.1, 0.15) is 0 Å². The van der Waals surface area contributed by atoms with Crippen LogP contribution in [0.2, 0.25) is 0 Å². The first-order valence-electron chi connectivity index (χ1n) is 5.67. The summed E-state index contributed by atoms with van der Waals surface area (Å²) in [5, 5.41) is 2.90. The standard InChI is InChI=1S/C11H22N2O/c1-4-12-11(14)10-5-7-13(8-6-10)9(2)3/h9-10H,4-8H2,1-3H3,(H,12,14). The number of hydrogen-bond acceptors (Lipinski definition) is 2. The smallest absolute Gasteiger partial charge is 0.223 e. The average Bonchev–Trinajstić information content (AvgIpc) is 2.18. The zero-order valence-electron chi connectivity index (χ0n) is 9.55. The molecule has 14 heavy (non-hydrogen) atoms. The number of rotatable bonds is 3. The summed E-state index contributed by atoms with van der Waals surface area (Å²) in [5.41, 5.74) is 0. The molecule has 1 aliphatic heterocycles. The molecule has 0 aromatic carbocycles. The second-order valence-electron chi connectivity index (χ2n) is 4.30. The summed E-state index contributed by atoms with van der Waals surface area (Å²) in [6.07, 6.45) is 2.04. The van der Waals surface area contributed by atoms with Crippen molar-refractivity contribution in [3.8, 4) is 0 Å². The third-order valence-corrected chi connectivity index (χ3v) is 2.98. The van der Waals surface area contributed by atoms with Gasteiger partial charge in [-0.2, -0.15) is 0 Å². The van der Waals surface area contributed by atoms with Crippen LogP contribution in [0.5, 0.6) is 0 Å². The first kappa shape index (κ1) is 11.5. The van der Waals surface area contributed by atoms with Crippen LogP contribution < -0.4 is 5.32 Å². The summed E-state index contributed by atoms with van der Waals surface area (Å²) >= 11 is 0. The number of piperidine rings is 1. The van der Waals surface area contributed by atoms with E-state index in [1.54, 1.807) is 0 Å². The van der Waals surface area contributed by atoms with E-state index in [0.29, 0.717) is 6.04 Å². The first-order chi connectivity index (χ1) is 6.65. The predicted octanol–water partition coefficient (Wildman–Crippen LogP) is 1.24.